The Morgan fingerprint density at radius 2 is 1.83 bits per heavy atom. The number of unbranched alkanes of at least 4 members (excludes halogenated alkanes) is 2. The summed E-state index contributed by atoms with van der Waals surface area (Å²) in [6.07, 6.45) is 10.4. The monoisotopic (exact) mass is 332 g/mol. The minimum Gasteiger partial charge on any atom is -0.497 e. The van der Waals surface area contributed by atoms with Crippen molar-refractivity contribution in [2.24, 2.45) is 0 Å². The molecule has 1 N–H and O–H groups in total. The van der Waals surface area contributed by atoms with Gasteiger partial charge in [0.2, 0.25) is 0 Å². The van der Waals surface area contributed by atoms with Gasteiger partial charge in [-0.3, -0.25) is 4.79 Å². The molecule has 2 rings (SSSR count). The van der Waals surface area contributed by atoms with Crippen molar-refractivity contribution in [3.8, 4) is 5.75 Å². The summed E-state index contributed by atoms with van der Waals surface area (Å²) in [6, 6.07) is 8.03. The summed E-state index contributed by atoms with van der Waals surface area (Å²) >= 11 is 0. The fourth-order valence-corrected chi connectivity index (χ4v) is 3.41. The van der Waals surface area contributed by atoms with E-state index in [1.54, 1.807) is 19.2 Å². The Balaban J connectivity index is 1.54. The minimum atomic E-state index is -0.00280. The largest absolute Gasteiger partial charge is 0.497 e. The zero-order valence-electron chi connectivity index (χ0n) is 15.2. The lowest BCUT2D eigenvalue weighted by atomic mass is 9.94. The van der Waals surface area contributed by atoms with Crippen LogP contribution in [0.25, 0.3) is 0 Å². The highest BCUT2D eigenvalue weighted by Crippen LogP contribution is 2.21. The Bertz CT molecular complexity index is 481. The van der Waals surface area contributed by atoms with Gasteiger partial charge >= 0.3 is 0 Å². The highest BCUT2D eigenvalue weighted by Gasteiger charge is 2.17. The van der Waals surface area contributed by atoms with Gasteiger partial charge < -0.3 is 15.0 Å². The van der Waals surface area contributed by atoms with Gasteiger partial charge in [0.1, 0.15) is 5.75 Å². The molecule has 0 aromatic heterocycles. The summed E-state index contributed by atoms with van der Waals surface area (Å²) in [5, 5.41) is 2.99. The van der Waals surface area contributed by atoms with E-state index in [9.17, 15) is 4.79 Å². The average molecular weight is 332 g/mol. The van der Waals surface area contributed by atoms with Crippen LogP contribution in [0.3, 0.4) is 0 Å². The van der Waals surface area contributed by atoms with Gasteiger partial charge in [-0.25, -0.2) is 0 Å². The Morgan fingerprint density at radius 3 is 2.50 bits per heavy atom. The molecule has 4 nitrogen and oxygen atoms in total. The van der Waals surface area contributed by atoms with Gasteiger partial charge in [0.25, 0.3) is 5.91 Å². The second-order valence-corrected chi connectivity index (χ2v) is 6.82. The first kappa shape index (κ1) is 18.8. The maximum atomic E-state index is 12.0. The third-order valence-electron chi connectivity index (χ3n) is 5.02. The van der Waals surface area contributed by atoms with Crippen molar-refractivity contribution >= 4 is 5.91 Å². The van der Waals surface area contributed by atoms with Crippen molar-refractivity contribution in [3.63, 3.8) is 0 Å². The first-order chi connectivity index (χ1) is 11.7. The number of benzene rings is 1. The Kier molecular flexibility index (Phi) is 8.10. The van der Waals surface area contributed by atoms with Crippen LogP contribution in [0.5, 0.6) is 5.75 Å². The second-order valence-electron chi connectivity index (χ2n) is 6.82. The van der Waals surface area contributed by atoms with Crippen molar-refractivity contribution in [1.29, 1.82) is 0 Å². The normalized spacial score (nSPS) is 15.5. The molecule has 1 aromatic carbocycles. The Morgan fingerprint density at radius 1 is 1.12 bits per heavy atom. The molecule has 0 aliphatic heterocycles. The molecule has 134 valence electrons. The lowest BCUT2D eigenvalue weighted by Crippen LogP contribution is -2.34. The van der Waals surface area contributed by atoms with E-state index < -0.39 is 0 Å². The van der Waals surface area contributed by atoms with Gasteiger partial charge in [0.05, 0.1) is 7.11 Å². The number of hydrogen-bond donors (Lipinski definition) is 1. The maximum Gasteiger partial charge on any atom is 0.251 e. The molecule has 0 radical (unpaired) electrons. The first-order valence-corrected chi connectivity index (χ1v) is 9.33. The summed E-state index contributed by atoms with van der Waals surface area (Å²) < 4.78 is 5.10. The van der Waals surface area contributed by atoms with E-state index in [4.69, 9.17) is 4.74 Å². The van der Waals surface area contributed by atoms with Crippen LogP contribution in [0.4, 0.5) is 0 Å². The van der Waals surface area contributed by atoms with Crippen LogP contribution in [0.2, 0.25) is 0 Å². The van der Waals surface area contributed by atoms with Crippen molar-refractivity contribution in [3.05, 3.63) is 29.8 Å². The van der Waals surface area contributed by atoms with Gasteiger partial charge in [-0.15, -0.1) is 0 Å². The molecule has 0 bridgehead atoms. The van der Waals surface area contributed by atoms with E-state index in [-0.39, 0.29) is 5.91 Å². The standard InChI is InChI=1S/C20H32N2O2/c1-22(18-9-5-3-6-10-18)16-8-4-7-15-21-20(23)17-11-13-19(24-2)14-12-17/h11-14,18H,3-10,15-16H2,1-2H3,(H,21,23). The smallest absolute Gasteiger partial charge is 0.251 e. The van der Waals surface area contributed by atoms with Crippen molar-refractivity contribution < 1.29 is 9.53 Å². The fraction of sp³-hybridized carbons (Fsp3) is 0.650. The molecule has 0 saturated heterocycles. The molecule has 0 unspecified atom stereocenters. The zero-order chi connectivity index (χ0) is 17.2. The second kappa shape index (κ2) is 10.3. The maximum absolute atomic E-state index is 12.0. The summed E-state index contributed by atoms with van der Waals surface area (Å²) in [6.45, 7) is 1.93. The summed E-state index contributed by atoms with van der Waals surface area (Å²) in [4.78, 5) is 14.6. The van der Waals surface area contributed by atoms with E-state index in [1.165, 1.54) is 51.5 Å². The molecule has 1 saturated carbocycles. The third kappa shape index (κ3) is 6.16. The van der Waals surface area contributed by atoms with Crippen LogP contribution in [-0.4, -0.2) is 44.1 Å². The highest BCUT2D eigenvalue weighted by atomic mass is 16.5. The van der Waals surface area contributed by atoms with Crippen LogP contribution in [0, 0.1) is 0 Å². The molecule has 0 spiro atoms. The van der Waals surface area contributed by atoms with Crippen LogP contribution in [0.1, 0.15) is 61.7 Å². The van der Waals surface area contributed by atoms with Crippen LogP contribution < -0.4 is 10.1 Å². The molecule has 1 amide bonds. The van der Waals surface area contributed by atoms with E-state index in [0.29, 0.717) is 5.56 Å². The van der Waals surface area contributed by atoms with E-state index in [0.717, 1.165) is 24.8 Å². The lowest BCUT2D eigenvalue weighted by molar-refractivity contribution is 0.0952. The molecule has 0 atom stereocenters. The third-order valence-corrected chi connectivity index (χ3v) is 5.02. The molecule has 24 heavy (non-hydrogen) atoms. The number of ether oxygens (including phenoxy) is 1. The number of carbonyl (C=O) groups excluding carboxylic acids is 1. The number of methoxy groups -OCH3 is 1. The Labute approximate surface area is 146 Å². The van der Waals surface area contributed by atoms with Crippen molar-refractivity contribution in [1.82, 2.24) is 10.2 Å². The minimum absolute atomic E-state index is 0.00280. The quantitative estimate of drug-likeness (QED) is 0.698. The molecule has 0 heterocycles. The molecular formula is C20H32N2O2. The number of carbonyl (C=O) groups is 1. The number of nitrogens with one attached hydrogen (secondary N) is 1. The highest BCUT2D eigenvalue weighted by molar-refractivity contribution is 5.94. The number of amides is 1. The van der Waals surface area contributed by atoms with Crippen molar-refractivity contribution in [2.75, 3.05) is 27.2 Å². The molecule has 1 aromatic rings. The fourth-order valence-electron chi connectivity index (χ4n) is 3.41. The number of nitrogens with zero attached hydrogens (tertiary/aromatic N) is 1. The van der Waals surface area contributed by atoms with Gasteiger partial charge in [-0.1, -0.05) is 25.7 Å². The van der Waals surface area contributed by atoms with Crippen LogP contribution >= 0.6 is 0 Å². The van der Waals surface area contributed by atoms with E-state index >= 15 is 0 Å². The SMILES string of the molecule is COc1ccc(C(=O)NCCCCCN(C)C2CCCCC2)cc1. The molecule has 1 aliphatic carbocycles. The number of hydrogen-bond acceptors (Lipinski definition) is 3. The van der Waals surface area contributed by atoms with E-state index in [1.807, 2.05) is 12.1 Å². The van der Waals surface area contributed by atoms with Crippen LogP contribution in [0.15, 0.2) is 24.3 Å². The summed E-state index contributed by atoms with van der Waals surface area (Å²) in [5.41, 5.74) is 0.688. The van der Waals surface area contributed by atoms with Gasteiger partial charge in [-0.2, -0.15) is 0 Å². The van der Waals surface area contributed by atoms with Gasteiger partial charge in [0, 0.05) is 18.2 Å². The van der Waals surface area contributed by atoms with Crippen LogP contribution in [-0.2, 0) is 0 Å². The van der Waals surface area contributed by atoms with Crippen molar-refractivity contribution in [2.45, 2.75) is 57.4 Å². The molecule has 1 fully saturated rings. The molecular weight excluding hydrogens is 300 g/mol. The topological polar surface area (TPSA) is 41.6 Å². The Hall–Kier alpha value is -1.55. The van der Waals surface area contributed by atoms with Gasteiger partial charge in [0.15, 0.2) is 0 Å². The lowest BCUT2D eigenvalue weighted by Gasteiger charge is -2.31. The zero-order valence-corrected chi connectivity index (χ0v) is 15.2. The average Bonchev–Trinajstić information content (AvgIpc) is 2.65. The predicted molar refractivity (Wildman–Crippen MR) is 98.7 cm³/mol. The molecule has 1 aliphatic rings. The van der Waals surface area contributed by atoms with E-state index in [2.05, 4.69) is 17.3 Å². The number of rotatable bonds is 9. The molecule has 4 heteroatoms. The summed E-state index contributed by atoms with van der Waals surface area (Å²) in [7, 11) is 3.89. The predicted octanol–water partition coefficient (Wildman–Crippen LogP) is 3.86. The van der Waals surface area contributed by atoms with Gasteiger partial charge in [-0.05, 0) is 63.5 Å². The summed E-state index contributed by atoms with van der Waals surface area (Å²) in [5.74, 6) is 0.769. The first-order valence-electron chi connectivity index (χ1n) is 9.33.